The van der Waals surface area contributed by atoms with Crippen LogP contribution in [0.25, 0.3) is 0 Å². The second-order valence-corrected chi connectivity index (χ2v) is 8.51. The lowest BCUT2D eigenvalue weighted by Crippen LogP contribution is -2.47. The Labute approximate surface area is 177 Å². The SMILES string of the molecule is Cc1nnc(CN=C(NC2CCCC2)NC2CCN(c3cccc(Cl)c3)C2)n1C. The molecule has 2 aliphatic rings. The first-order chi connectivity index (χ1) is 14.1. The lowest BCUT2D eigenvalue weighted by molar-refractivity contribution is 0.584. The van der Waals surface area contributed by atoms with Crippen LogP contribution in [0.5, 0.6) is 0 Å². The minimum Gasteiger partial charge on any atom is -0.369 e. The number of guanidine groups is 1. The van der Waals surface area contributed by atoms with Gasteiger partial charge in [0.25, 0.3) is 0 Å². The molecular formula is C21H30ClN7. The minimum absolute atomic E-state index is 0.350. The normalized spacial score (nSPS) is 20.4. The molecule has 0 radical (unpaired) electrons. The number of halogens is 1. The van der Waals surface area contributed by atoms with Gasteiger partial charge in [0.1, 0.15) is 12.4 Å². The van der Waals surface area contributed by atoms with Gasteiger partial charge in [-0.3, -0.25) is 0 Å². The van der Waals surface area contributed by atoms with Gasteiger partial charge in [-0.05, 0) is 44.4 Å². The van der Waals surface area contributed by atoms with E-state index in [4.69, 9.17) is 16.6 Å². The van der Waals surface area contributed by atoms with Crippen molar-refractivity contribution in [3.8, 4) is 0 Å². The molecule has 1 aromatic heterocycles. The second-order valence-electron chi connectivity index (χ2n) is 8.07. The summed E-state index contributed by atoms with van der Waals surface area (Å²) in [5.74, 6) is 2.67. The summed E-state index contributed by atoms with van der Waals surface area (Å²) in [4.78, 5) is 7.22. The van der Waals surface area contributed by atoms with Crippen LogP contribution in [0.2, 0.25) is 5.02 Å². The molecule has 1 unspecified atom stereocenters. The van der Waals surface area contributed by atoms with Gasteiger partial charge in [0.05, 0.1) is 0 Å². The van der Waals surface area contributed by atoms with E-state index in [1.54, 1.807) is 0 Å². The van der Waals surface area contributed by atoms with Gasteiger partial charge in [-0.2, -0.15) is 0 Å². The zero-order chi connectivity index (χ0) is 20.2. The van der Waals surface area contributed by atoms with E-state index < -0.39 is 0 Å². The van der Waals surface area contributed by atoms with Crippen molar-refractivity contribution in [3.63, 3.8) is 0 Å². The van der Waals surface area contributed by atoms with E-state index in [0.29, 0.717) is 18.6 Å². The van der Waals surface area contributed by atoms with Gasteiger partial charge in [-0.15, -0.1) is 10.2 Å². The second kappa shape index (κ2) is 9.03. The summed E-state index contributed by atoms with van der Waals surface area (Å²) in [6, 6.07) is 8.94. The number of benzene rings is 1. The van der Waals surface area contributed by atoms with Crippen LogP contribution in [0.3, 0.4) is 0 Å². The van der Waals surface area contributed by atoms with Crippen LogP contribution < -0.4 is 15.5 Å². The summed E-state index contributed by atoms with van der Waals surface area (Å²) in [6.07, 6.45) is 6.08. The Morgan fingerprint density at radius 1 is 1.17 bits per heavy atom. The molecule has 2 fully saturated rings. The summed E-state index contributed by atoms with van der Waals surface area (Å²) in [7, 11) is 1.98. The van der Waals surface area contributed by atoms with Crippen molar-refractivity contribution in [1.82, 2.24) is 25.4 Å². The van der Waals surface area contributed by atoms with Crippen LogP contribution >= 0.6 is 11.6 Å². The van der Waals surface area contributed by atoms with Crippen molar-refractivity contribution in [2.24, 2.45) is 12.0 Å². The van der Waals surface area contributed by atoms with Crippen molar-refractivity contribution in [1.29, 1.82) is 0 Å². The number of rotatable bonds is 5. The van der Waals surface area contributed by atoms with E-state index in [1.165, 1.54) is 31.4 Å². The van der Waals surface area contributed by atoms with Crippen LogP contribution in [0.4, 0.5) is 5.69 Å². The molecule has 2 N–H and O–H groups in total. The molecule has 0 bridgehead atoms. The zero-order valence-corrected chi connectivity index (χ0v) is 18.0. The fourth-order valence-corrected chi connectivity index (χ4v) is 4.30. The maximum Gasteiger partial charge on any atom is 0.192 e. The third-order valence-corrected chi connectivity index (χ3v) is 6.19. The van der Waals surface area contributed by atoms with E-state index in [2.05, 4.69) is 31.8 Å². The predicted molar refractivity (Wildman–Crippen MR) is 117 cm³/mol. The van der Waals surface area contributed by atoms with Gasteiger partial charge >= 0.3 is 0 Å². The summed E-state index contributed by atoms with van der Waals surface area (Å²) >= 11 is 6.17. The minimum atomic E-state index is 0.350. The summed E-state index contributed by atoms with van der Waals surface area (Å²) in [5.41, 5.74) is 1.18. The smallest absolute Gasteiger partial charge is 0.192 e. The van der Waals surface area contributed by atoms with Crippen LogP contribution in [-0.4, -0.2) is 45.9 Å². The lowest BCUT2D eigenvalue weighted by Gasteiger charge is -2.22. The zero-order valence-electron chi connectivity index (χ0n) is 17.2. The molecule has 2 aromatic rings. The van der Waals surface area contributed by atoms with Crippen LogP contribution in [-0.2, 0) is 13.6 Å². The average Bonchev–Trinajstić information content (AvgIpc) is 3.44. The maximum absolute atomic E-state index is 6.17. The molecule has 156 valence electrons. The first kappa shape index (κ1) is 20.0. The number of aliphatic imine (C=N–C) groups is 1. The molecule has 0 spiro atoms. The lowest BCUT2D eigenvalue weighted by atomic mass is 10.2. The molecule has 8 heteroatoms. The Hall–Kier alpha value is -2.28. The number of hydrogen-bond donors (Lipinski definition) is 2. The van der Waals surface area contributed by atoms with Gasteiger partial charge < -0.3 is 20.1 Å². The number of nitrogens with one attached hydrogen (secondary N) is 2. The van der Waals surface area contributed by atoms with E-state index in [0.717, 1.165) is 42.1 Å². The highest BCUT2D eigenvalue weighted by atomic mass is 35.5. The number of anilines is 1. The average molecular weight is 416 g/mol. The molecule has 1 atom stereocenters. The Bertz CT molecular complexity index is 856. The molecule has 2 heterocycles. The first-order valence-corrected chi connectivity index (χ1v) is 10.9. The van der Waals surface area contributed by atoms with Gasteiger partial charge in [0.2, 0.25) is 0 Å². The molecule has 1 aliphatic heterocycles. The van der Waals surface area contributed by atoms with Crippen LogP contribution in [0.1, 0.15) is 43.8 Å². The molecule has 29 heavy (non-hydrogen) atoms. The van der Waals surface area contributed by atoms with Crippen molar-refractivity contribution in [2.45, 2.75) is 57.7 Å². The van der Waals surface area contributed by atoms with Gasteiger partial charge in [-0.1, -0.05) is 30.5 Å². The topological polar surface area (TPSA) is 70.4 Å². The monoisotopic (exact) mass is 415 g/mol. The summed E-state index contributed by atoms with van der Waals surface area (Å²) < 4.78 is 1.99. The summed E-state index contributed by atoms with van der Waals surface area (Å²) in [6.45, 7) is 4.43. The highest BCUT2D eigenvalue weighted by Gasteiger charge is 2.25. The quantitative estimate of drug-likeness (QED) is 0.580. The number of nitrogens with zero attached hydrogens (tertiary/aromatic N) is 5. The van der Waals surface area contributed by atoms with Gasteiger partial charge in [-0.25, -0.2) is 4.99 Å². The van der Waals surface area contributed by atoms with Crippen molar-refractivity contribution in [3.05, 3.63) is 40.9 Å². The fourth-order valence-electron chi connectivity index (χ4n) is 4.11. The predicted octanol–water partition coefficient (Wildman–Crippen LogP) is 3.03. The Balaban J connectivity index is 1.42. The highest BCUT2D eigenvalue weighted by molar-refractivity contribution is 6.30. The third kappa shape index (κ3) is 5.01. The number of aromatic nitrogens is 3. The fraction of sp³-hybridized carbons (Fsp3) is 0.571. The molecule has 1 saturated carbocycles. The van der Waals surface area contributed by atoms with E-state index in [1.807, 2.05) is 36.7 Å². The number of aryl methyl sites for hydroxylation is 1. The van der Waals surface area contributed by atoms with Crippen molar-refractivity contribution >= 4 is 23.2 Å². The largest absolute Gasteiger partial charge is 0.369 e. The van der Waals surface area contributed by atoms with Gasteiger partial charge in [0, 0.05) is 42.9 Å². The maximum atomic E-state index is 6.17. The highest BCUT2D eigenvalue weighted by Crippen LogP contribution is 2.23. The van der Waals surface area contributed by atoms with E-state index >= 15 is 0 Å². The Morgan fingerprint density at radius 2 is 1.97 bits per heavy atom. The van der Waals surface area contributed by atoms with Gasteiger partial charge in [0.15, 0.2) is 11.8 Å². The van der Waals surface area contributed by atoms with Crippen LogP contribution in [0.15, 0.2) is 29.3 Å². The molecular weight excluding hydrogens is 386 g/mol. The number of hydrogen-bond acceptors (Lipinski definition) is 4. The molecule has 1 saturated heterocycles. The molecule has 1 aliphatic carbocycles. The Kier molecular flexibility index (Phi) is 6.23. The first-order valence-electron chi connectivity index (χ1n) is 10.5. The van der Waals surface area contributed by atoms with Crippen molar-refractivity contribution in [2.75, 3.05) is 18.0 Å². The standard InChI is InChI=1S/C21H30ClN7/c1-15-26-27-20(28(15)2)13-23-21(24-17-7-3-4-8-17)25-18-10-11-29(14-18)19-9-5-6-16(22)12-19/h5-6,9,12,17-18H,3-4,7-8,10-11,13-14H2,1-2H3,(H2,23,24,25). The van der Waals surface area contributed by atoms with Crippen LogP contribution in [0, 0.1) is 6.92 Å². The van der Waals surface area contributed by atoms with Crippen molar-refractivity contribution < 1.29 is 0 Å². The third-order valence-electron chi connectivity index (χ3n) is 5.96. The summed E-state index contributed by atoms with van der Waals surface area (Å²) in [5, 5.41) is 16.5. The molecule has 7 nitrogen and oxygen atoms in total. The molecule has 0 amide bonds. The molecule has 4 rings (SSSR count). The van der Waals surface area contributed by atoms with E-state index in [-0.39, 0.29) is 0 Å². The Morgan fingerprint density at radius 3 is 2.69 bits per heavy atom. The van der Waals surface area contributed by atoms with E-state index in [9.17, 15) is 0 Å². The molecule has 1 aromatic carbocycles.